The molecule has 1 heterocycles. The van der Waals surface area contributed by atoms with Gasteiger partial charge in [-0.2, -0.15) is 0 Å². The summed E-state index contributed by atoms with van der Waals surface area (Å²) < 4.78 is 38.7. The summed E-state index contributed by atoms with van der Waals surface area (Å²) >= 11 is 0. The highest BCUT2D eigenvalue weighted by Crippen LogP contribution is 2.30. The first-order chi connectivity index (χ1) is 11.9. The Hall–Kier alpha value is -2.21. The SMILES string of the molecule is CCCS(=O)(=O)c1ccccc1C(=O)N1CCCc2ccc(F)cc21. The molecule has 132 valence electrons. The van der Waals surface area contributed by atoms with Crippen molar-refractivity contribution in [3.05, 3.63) is 59.4 Å². The van der Waals surface area contributed by atoms with Crippen molar-refractivity contribution in [3.63, 3.8) is 0 Å². The molecule has 25 heavy (non-hydrogen) atoms. The minimum Gasteiger partial charge on any atom is -0.308 e. The maximum Gasteiger partial charge on any atom is 0.259 e. The standard InChI is InChI=1S/C19H20FNO3S/c1-2-12-25(23,24)18-8-4-3-7-16(18)19(22)21-11-5-6-14-9-10-15(20)13-17(14)21/h3-4,7-10,13H,2,5-6,11-12H2,1H3. The number of carbonyl (C=O) groups excluding carboxylic acids is 1. The van der Waals surface area contributed by atoms with Crippen molar-refractivity contribution in [1.29, 1.82) is 0 Å². The molecule has 0 aliphatic carbocycles. The Morgan fingerprint density at radius 2 is 1.96 bits per heavy atom. The number of amides is 1. The van der Waals surface area contributed by atoms with Gasteiger partial charge in [0.15, 0.2) is 9.84 Å². The third kappa shape index (κ3) is 3.44. The summed E-state index contributed by atoms with van der Waals surface area (Å²) in [4.78, 5) is 14.6. The summed E-state index contributed by atoms with van der Waals surface area (Å²) in [5.74, 6) is -0.824. The first-order valence-corrected chi connectivity index (χ1v) is 10.0. The molecule has 0 aromatic heterocycles. The van der Waals surface area contributed by atoms with Crippen LogP contribution in [-0.4, -0.2) is 26.6 Å². The summed E-state index contributed by atoms with van der Waals surface area (Å²) in [5, 5.41) is 0. The second-order valence-corrected chi connectivity index (χ2v) is 8.23. The van der Waals surface area contributed by atoms with Crippen molar-refractivity contribution in [2.24, 2.45) is 0 Å². The van der Waals surface area contributed by atoms with Crippen LogP contribution in [0.1, 0.15) is 35.7 Å². The van der Waals surface area contributed by atoms with Gasteiger partial charge in [0, 0.05) is 6.54 Å². The van der Waals surface area contributed by atoms with Gasteiger partial charge in [-0.1, -0.05) is 25.1 Å². The quantitative estimate of drug-likeness (QED) is 0.836. The summed E-state index contributed by atoms with van der Waals surface area (Å²) in [7, 11) is -3.53. The van der Waals surface area contributed by atoms with E-state index < -0.39 is 21.6 Å². The van der Waals surface area contributed by atoms with Crippen LogP contribution in [0.3, 0.4) is 0 Å². The highest BCUT2D eigenvalue weighted by atomic mass is 32.2. The zero-order valence-electron chi connectivity index (χ0n) is 14.0. The summed E-state index contributed by atoms with van der Waals surface area (Å²) in [6.07, 6.45) is 2.01. The van der Waals surface area contributed by atoms with Gasteiger partial charge in [0.2, 0.25) is 0 Å². The predicted molar refractivity (Wildman–Crippen MR) is 95.2 cm³/mol. The Kier molecular flexibility index (Phi) is 4.90. The number of benzene rings is 2. The van der Waals surface area contributed by atoms with Crippen LogP contribution in [0.2, 0.25) is 0 Å². The maximum atomic E-state index is 13.7. The molecule has 3 rings (SSSR count). The number of anilines is 1. The fourth-order valence-corrected chi connectivity index (χ4v) is 4.73. The van der Waals surface area contributed by atoms with Gasteiger partial charge in [-0.25, -0.2) is 12.8 Å². The molecule has 0 saturated heterocycles. The number of hydrogen-bond donors (Lipinski definition) is 0. The molecule has 0 bridgehead atoms. The highest BCUT2D eigenvalue weighted by molar-refractivity contribution is 7.91. The van der Waals surface area contributed by atoms with E-state index in [0.717, 1.165) is 18.4 Å². The molecule has 1 amide bonds. The number of fused-ring (bicyclic) bond motifs is 1. The van der Waals surface area contributed by atoms with E-state index >= 15 is 0 Å². The lowest BCUT2D eigenvalue weighted by molar-refractivity contribution is 0.0982. The van der Waals surface area contributed by atoms with Gasteiger partial charge in [0.1, 0.15) is 5.82 Å². The molecular weight excluding hydrogens is 341 g/mol. The van der Waals surface area contributed by atoms with Gasteiger partial charge in [0.05, 0.1) is 21.9 Å². The monoisotopic (exact) mass is 361 g/mol. The van der Waals surface area contributed by atoms with E-state index in [0.29, 0.717) is 18.7 Å². The average molecular weight is 361 g/mol. The van der Waals surface area contributed by atoms with Gasteiger partial charge < -0.3 is 4.90 Å². The average Bonchev–Trinajstić information content (AvgIpc) is 2.60. The summed E-state index contributed by atoms with van der Waals surface area (Å²) in [6, 6.07) is 10.7. The van der Waals surface area contributed by atoms with Crippen molar-refractivity contribution in [3.8, 4) is 0 Å². The van der Waals surface area contributed by atoms with Gasteiger partial charge in [-0.05, 0) is 49.1 Å². The van der Waals surface area contributed by atoms with Gasteiger partial charge in [0.25, 0.3) is 5.91 Å². The van der Waals surface area contributed by atoms with Crippen molar-refractivity contribution in [2.45, 2.75) is 31.1 Å². The van der Waals surface area contributed by atoms with Crippen LogP contribution in [0.15, 0.2) is 47.4 Å². The van der Waals surface area contributed by atoms with E-state index in [1.54, 1.807) is 25.1 Å². The Bertz CT molecular complexity index is 909. The number of carbonyl (C=O) groups is 1. The summed E-state index contributed by atoms with van der Waals surface area (Å²) in [5.41, 5.74) is 1.57. The van der Waals surface area contributed by atoms with Gasteiger partial charge in [-0.15, -0.1) is 0 Å². The van der Waals surface area contributed by atoms with E-state index in [1.165, 1.54) is 29.2 Å². The fraction of sp³-hybridized carbons (Fsp3) is 0.316. The molecule has 0 unspecified atom stereocenters. The second kappa shape index (κ2) is 6.96. The van der Waals surface area contributed by atoms with Crippen molar-refractivity contribution >= 4 is 21.4 Å². The molecule has 2 aromatic carbocycles. The molecular formula is C19H20FNO3S. The number of hydrogen-bond acceptors (Lipinski definition) is 3. The van der Waals surface area contributed by atoms with Crippen LogP contribution < -0.4 is 4.90 Å². The lowest BCUT2D eigenvalue weighted by Crippen LogP contribution is -2.36. The van der Waals surface area contributed by atoms with Crippen LogP contribution in [0.4, 0.5) is 10.1 Å². The molecule has 4 nitrogen and oxygen atoms in total. The molecule has 1 aliphatic rings. The summed E-state index contributed by atoms with van der Waals surface area (Å²) in [6.45, 7) is 2.23. The molecule has 0 radical (unpaired) electrons. The Morgan fingerprint density at radius 1 is 1.20 bits per heavy atom. The molecule has 0 N–H and O–H groups in total. The number of nitrogens with zero attached hydrogens (tertiary/aromatic N) is 1. The first-order valence-electron chi connectivity index (χ1n) is 8.36. The first kappa shape index (κ1) is 17.6. The van der Waals surface area contributed by atoms with Crippen LogP contribution >= 0.6 is 0 Å². The molecule has 6 heteroatoms. The Labute approximate surface area is 147 Å². The smallest absolute Gasteiger partial charge is 0.259 e. The van der Waals surface area contributed by atoms with Crippen LogP contribution in [0.5, 0.6) is 0 Å². The topological polar surface area (TPSA) is 54.5 Å². The predicted octanol–water partition coefficient (Wildman–Crippen LogP) is 3.60. The van der Waals surface area contributed by atoms with E-state index in [4.69, 9.17) is 0 Å². The maximum absolute atomic E-state index is 13.7. The fourth-order valence-electron chi connectivity index (χ4n) is 3.20. The second-order valence-electron chi connectivity index (χ2n) is 6.15. The Morgan fingerprint density at radius 3 is 2.72 bits per heavy atom. The van der Waals surface area contributed by atoms with E-state index in [-0.39, 0.29) is 16.2 Å². The van der Waals surface area contributed by atoms with Gasteiger partial charge in [-0.3, -0.25) is 4.79 Å². The van der Waals surface area contributed by atoms with Crippen LogP contribution in [-0.2, 0) is 16.3 Å². The minimum atomic E-state index is -3.53. The number of rotatable bonds is 4. The van der Waals surface area contributed by atoms with Gasteiger partial charge >= 0.3 is 0 Å². The lowest BCUT2D eigenvalue weighted by Gasteiger charge is -2.30. The largest absolute Gasteiger partial charge is 0.308 e. The number of halogens is 1. The van der Waals surface area contributed by atoms with Crippen molar-refractivity contribution in [2.75, 3.05) is 17.2 Å². The van der Waals surface area contributed by atoms with Crippen molar-refractivity contribution in [1.82, 2.24) is 0 Å². The lowest BCUT2D eigenvalue weighted by atomic mass is 10.0. The number of sulfone groups is 1. The molecule has 1 aliphatic heterocycles. The highest BCUT2D eigenvalue weighted by Gasteiger charge is 2.28. The molecule has 0 spiro atoms. The molecule has 2 aromatic rings. The van der Waals surface area contributed by atoms with Crippen molar-refractivity contribution < 1.29 is 17.6 Å². The molecule has 0 fully saturated rings. The zero-order chi connectivity index (χ0) is 18.0. The third-order valence-electron chi connectivity index (χ3n) is 4.34. The minimum absolute atomic E-state index is 0.0114. The normalized spacial score (nSPS) is 14.2. The Balaban J connectivity index is 2.06. The molecule has 0 atom stereocenters. The van der Waals surface area contributed by atoms with Crippen LogP contribution in [0.25, 0.3) is 0 Å². The van der Waals surface area contributed by atoms with Crippen LogP contribution in [0, 0.1) is 5.82 Å². The molecule has 0 saturated carbocycles. The van der Waals surface area contributed by atoms with E-state index in [9.17, 15) is 17.6 Å². The zero-order valence-corrected chi connectivity index (χ0v) is 14.9. The third-order valence-corrected chi connectivity index (χ3v) is 6.31. The van der Waals surface area contributed by atoms with E-state index in [1.807, 2.05) is 0 Å². The number of aryl methyl sites for hydroxylation is 1. The van der Waals surface area contributed by atoms with E-state index in [2.05, 4.69) is 0 Å².